The van der Waals surface area contributed by atoms with Crippen molar-refractivity contribution in [3.63, 3.8) is 0 Å². The SMILES string of the molecule is C[C@@]12OC=C[C@@H]1CC[C@]21CCOC1=O. The second-order valence-electron chi connectivity index (χ2n) is 4.67. The van der Waals surface area contributed by atoms with Gasteiger partial charge in [0.25, 0.3) is 0 Å². The van der Waals surface area contributed by atoms with Gasteiger partial charge in [0, 0.05) is 12.3 Å². The molecule has 1 saturated heterocycles. The predicted octanol–water partition coefficient (Wildman–Crippen LogP) is 1.63. The molecule has 3 heteroatoms. The first-order valence-electron chi connectivity index (χ1n) is 5.21. The number of fused-ring (bicyclic) bond motifs is 2. The molecule has 1 spiro atoms. The Hall–Kier alpha value is -0.990. The van der Waals surface area contributed by atoms with Crippen molar-refractivity contribution in [1.82, 2.24) is 0 Å². The Kier molecular flexibility index (Phi) is 1.38. The molecule has 0 unspecified atom stereocenters. The fraction of sp³-hybridized carbons (Fsp3) is 0.727. The van der Waals surface area contributed by atoms with Crippen molar-refractivity contribution in [2.24, 2.45) is 11.3 Å². The first-order chi connectivity index (χ1) is 6.69. The molecule has 1 saturated carbocycles. The highest BCUT2D eigenvalue weighted by Gasteiger charge is 2.66. The number of esters is 1. The van der Waals surface area contributed by atoms with Gasteiger partial charge in [-0.25, -0.2) is 0 Å². The minimum atomic E-state index is -0.360. The molecular formula is C11H14O3. The lowest BCUT2D eigenvalue weighted by Crippen LogP contribution is -2.47. The number of carbonyl (C=O) groups excluding carboxylic acids is 1. The second kappa shape index (κ2) is 2.33. The molecule has 2 fully saturated rings. The third-order valence-corrected chi connectivity index (χ3v) is 4.32. The van der Waals surface area contributed by atoms with Crippen LogP contribution >= 0.6 is 0 Å². The zero-order valence-electron chi connectivity index (χ0n) is 8.29. The summed E-state index contributed by atoms with van der Waals surface area (Å²) in [6, 6.07) is 0. The summed E-state index contributed by atoms with van der Waals surface area (Å²) in [5.41, 5.74) is -0.693. The van der Waals surface area contributed by atoms with Crippen molar-refractivity contribution in [3.8, 4) is 0 Å². The molecule has 0 aromatic heterocycles. The standard InChI is InChI=1S/C11H14O3/c1-10-8(3-6-14-10)2-4-11(10)5-7-13-9(11)12/h3,6,8H,2,4-5,7H2,1H3/t8-,10+,11+/m0/s1. The topological polar surface area (TPSA) is 35.5 Å². The molecule has 3 aliphatic rings. The van der Waals surface area contributed by atoms with Crippen LogP contribution in [0.1, 0.15) is 26.2 Å². The summed E-state index contributed by atoms with van der Waals surface area (Å²) in [5, 5.41) is 0. The highest BCUT2D eigenvalue weighted by atomic mass is 16.6. The van der Waals surface area contributed by atoms with Crippen molar-refractivity contribution in [2.75, 3.05) is 6.61 Å². The maximum atomic E-state index is 11.8. The molecule has 3 rings (SSSR count). The monoisotopic (exact) mass is 194 g/mol. The molecule has 0 N–H and O–H groups in total. The predicted molar refractivity (Wildman–Crippen MR) is 49.4 cm³/mol. The van der Waals surface area contributed by atoms with E-state index < -0.39 is 0 Å². The van der Waals surface area contributed by atoms with Crippen LogP contribution in [0.4, 0.5) is 0 Å². The smallest absolute Gasteiger partial charge is 0.316 e. The molecule has 0 bridgehead atoms. The van der Waals surface area contributed by atoms with E-state index in [1.807, 2.05) is 0 Å². The third kappa shape index (κ3) is 0.689. The molecule has 2 aliphatic heterocycles. The molecule has 3 nitrogen and oxygen atoms in total. The van der Waals surface area contributed by atoms with E-state index in [4.69, 9.17) is 9.47 Å². The lowest BCUT2D eigenvalue weighted by Gasteiger charge is -2.36. The van der Waals surface area contributed by atoms with Crippen molar-refractivity contribution in [1.29, 1.82) is 0 Å². The Balaban J connectivity index is 2.06. The van der Waals surface area contributed by atoms with E-state index in [0.29, 0.717) is 12.5 Å². The molecular weight excluding hydrogens is 180 g/mol. The normalized spacial score (nSPS) is 49.5. The average molecular weight is 194 g/mol. The lowest BCUT2D eigenvalue weighted by molar-refractivity contribution is -0.157. The zero-order chi connectivity index (χ0) is 9.81. The molecule has 1 aliphatic carbocycles. The molecule has 14 heavy (non-hydrogen) atoms. The van der Waals surface area contributed by atoms with Crippen LogP contribution in [-0.2, 0) is 14.3 Å². The largest absolute Gasteiger partial charge is 0.494 e. The van der Waals surface area contributed by atoms with Gasteiger partial charge in [0.2, 0.25) is 0 Å². The second-order valence-corrected chi connectivity index (χ2v) is 4.67. The van der Waals surface area contributed by atoms with Crippen LogP contribution in [0, 0.1) is 11.3 Å². The Labute approximate surface area is 83.1 Å². The van der Waals surface area contributed by atoms with E-state index in [2.05, 4.69) is 13.0 Å². The van der Waals surface area contributed by atoms with Gasteiger partial charge in [0.15, 0.2) is 0 Å². The third-order valence-electron chi connectivity index (χ3n) is 4.32. The first kappa shape index (κ1) is 8.33. The molecule has 0 aromatic rings. The van der Waals surface area contributed by atoms with E-state index in [9.17, 15) is 4.79 Å². The van der Waals surface area contributed by atoms with E-state index >= 15 is 0 Å². The Morgan fingerprint density at radius 1 is 1.50 bits per heavy atom. The number of ether oxygens (including phenoxy) is 2. The number of carbonyl (C=O) groups is 1. The Morgan fingerprint density at radius 3 is 3.07 bits per heavy atom. The van der Waals surface area contributed by atoms with Crippen LogP contribution in [0.2, 0.25) is 0 Å². The molecule has 0 radical (unpaired) electrons. The van der Waals surface area contributed by atoms with Gasteiger partial charge in [0.05, 0.1) is 12.9 Å². The van der Waals surface area contributed by atoms with Gasteiger partial charge < -0.3 is 9.47 Å². The number of cyclic esters (lactones) is 1. The van der Waals surface area contributed by atoms with Gasteiger partial charge in [-0.2, -0.15) is 0 Å². The summed E-state index contributed by atoms with van der Waals surface area (Å²) in [5.74, 6) is 0.347. The van der Waals surface area contributed by atoms with Crippen molar-refractivity contribution >= 4 is 5.97 Å². The minimum Gasteiger partial charge on any atom is -0.494 e. The minimum absolute atomic E-state index is 0.0498. The summed E-state index contributed by atoms with van der Waals surface area (Å²) in [6.07, 6.45) is 6.61. The van der Waals surface area contributed by atoms with Crippen molar-refractivity contribution in [2.45, 2.75) is 31.8 Å². The maximum absolute atomic E-state index is 11.8. The average Bonchev–Trinajstić information content (AvgIpc) is 2.74. The number of hydrogen-bond donors (Lipinski definition) is 0. The maximum Gasteiger partial charge on any atom is 0.316 e. The highest BCUT2D eigenvalue weighted by molar-refractivity contribution is 5.81. The molecule has 76 valence electrons. The Bertz CT molecular complexity index is 322. The molecule has 2 heterocycles. The molecule has 0 amide bonds. The van der Waals surface area contributed by atoms with Crippen molar-refractivity contribution in [3.05, 3.63) is 12.3 Å². The fourth-order valence-corrected chi connectivity index (χ4v) is 3.27. The fourth-order valence-electron chi connectivity index (χ4n) is 3.27. The van der Waals surface area contributed by atoms with Gasteiger partial charge >= 0.3 is 5.97 Å². The quantitative estimate of drug-likeness (QED) is 0.550. The van der Waals surface area contributed by atoms with Crippen LogP contribution in [0.25, 0.3) is 0 Å². The lowest BCUT2D eigenvalue weighted by atomic mass is 9.72. The van der Waals surface area contributed by atoms with Crippen LogP contribution in [0.3, 0.4) is 0 Å². The van der Waals surface area contributed by atoms with Gasteiger partial charge in [-0.05, 0) is 25.8 Å². The van der Waals surface area contributed by atoms with Crippen LogP contribution in [0.5, 0.6) is 0 Å². The van der Waals surface area contributed by atoms with E-state index in [-0.39, 0.29) is 17.0 Å². The van der Waals surface area contributed by atoms with Gasteiger partial charge in [-0.3, -0.25) is 4.79 Å². The number of rotatable bonds is 0. The number of hydrogen-bond acceptors (Lipinski definition) is 3. The van der Waals surface area contributed by atoms with Crippen LogP contribution in [-0.4, -0.2) is 18.2 Å². The van der Waals surface area contributed by atoms with E-state index in [1.165, 1.54) is 0 Å². The summed E-state index contributed by atoms with van der Waals surface area (Å²) in [4.78, 5) is 11.8. The van der Waals surface area contributed by atoms with Gasteiger partial charge in [-0.1, -0.05) is 0 Å². The molecule has 0 aromatic carbocycles. The van der Waals surface area contributed by atoms with Gasteiger partial charge in [-0.15, -0.1) is 0 Å². The summed E-state index contributed by atoms with van der Waals surface area (Å²) >= 11 is 0. The summed E-state index contributed by atoms with van der Waals surface area (Å²) in [7, 11) is 0. The van der Waals surface area contributed by atoms with E-state index in [0.717, 1.165) is 19.3 Å². The van der Waals surface area contributed by atoms with E-state index in [1.54, 1.807) is 6.26 Å². The van der Waals surface area contributed by atoms with Crippen molar-refractivity contribution < 1.29 is 14.3 Å². The zero-order valence-corrected chi connectivity index (χ0v) is 8.29. The highest BCUT2D eigenvalue weighted by Crippen LogP contribution is 2.59. The summed E-state index contributed by atoms with van der Waals surface area (Å²) < 4.78 is 10.8. The van der Waals surface area contributed by atoms with Crippen LogP contribution < -0.4 is 0 Å². The molecule has 3 atom stereocenters. The Morgan fingerprint density at radius 2 is 2.36 bits per heavy atom. The first-order valence-corrected chi connectivity index (χ1v) is 5.21. The van der Waals surface area contributed by atoms with Gasteiger partial charge in [0.1, 0.15) is 11.0 Å². The van der Waals surface area contributed by atoms with Crippen LogP contribution in [0.15, 0.2) is 12.3 Å². The summed E-state index contributed by atoms with van der Waals surface area (Å²) in [6.45, 7) is 2.61.